The second-order valence-corrected chi connectivity index (χ2v) is 8.90. The number of hydrogen-bond donors (Lipinski definition) is 1. The molecule has 0 fully saturated rings. The summed E-state index contributed by atoms with van der Waals surface area (Å²) in [5, 5.41) is 3.58. The molecular weight excluding hydrogens is 466 g/mol. The lowest BCUT2D eigenvalue weighted by Crippen LogP contribution is -2.27. The van der Waals surface area contributed by atoms with Crippen molar-refractivity contribution in [2.24, 2.45) is 0 Å². The number of ether oxygens (including phenoxy) is 1. The molecule has 0 bridgehead atoms. The number of anilines is 1. The second-order valence-electron chi connectivity index (χ2n) is 6.68. The SMILES string of the molecule is CCOCCCn1c(SC(C)C(=O)Nc2ccc(Br)cc2)nc2ccccc2c1=O. The van der Waals surface area contributed by atoms with Crippen molar-refractivity contribution in [3.05, 3.63) is 63.4 Å². The summed E-state index contributed by atoms with van der Waals surface area (Å²) in [6.45, 7) is 5.45. The molecule has 0 saturated carbocycles. The molecule has 0 saturated heterocycles. The van der Waals surface area contributed by atoms with E-state index in [1.54, 1.807) is 10.6 Å². The van der Waals surface area contributed by atoms with Crippen LogP contribution in [0.2, 0.25) is 0 Å². The van der Waals surface area contributed by atoms with Crippen LogP contribution in [0.5, 0.6) is 0 Å². The van der Waals surface area contributed by atoms with Crippen molar-refractivity contribution >= 4 is 50.2 Å². The topological polar surface area (TPSA) is 73.2 Å². The first-order chi connectivity index (χ1) is 14.5. The average Bonchev–Trinajstić information content (AvgIpc) is 2.74. The lowest BCUT2D eigenvalue weighted by atomic mass is 10.2. The van der Waals surface area contributed by atoms with Crippen molar-refractivity contribution in [1.82, 2.24) is 9.55 Å². The number of rotatable bonds is 9. The number of hydrogen-bond acceptors (Lipinski definition) is 5. The highest BCUT2D eigenvalue weighted by Gasteiger charge is 2.19. The molecule has 0 aliphatic rings. The fourth-order valence-electron chi connectivity index (χ4n) is 2.89. The number of carbonyl (C=O) groups is 1. The molecule has 1 unspecified atom stereocenters. The second kappa shape index (κ2) is 10.7. The third-order valence-electron chi connectivity index (χ3n) is 4.46. The molecule has 0 aliphatic heterocycles. The maximum absolute atomic E-state index is 13.1. The van der Waals surface area contributed by atoms with Crippen molar-refractivity contribution in [3.8, 4) is 0 Å². The van der Waals surface area contributed by atoms with Crippen LogP contribution in [-0.4, -0.2) is 33.9 Å². The van der Waals surface area contributed by atoms with E-state index in [1.165, 1.54) is 11.8 Å². The Balaban J connectivity index is 1.82. The molecule has 8 heteroatoms. The van der Waals surface area contributed by atoms with Crippen LogP contribution in [0.1, 0.15) is 20.3 Å². The van der Waals surface area contributed by atoms with Crippen molar-refractivity contribution in [2.45, 2.75) is 37.2 Å². The quantitative estimate of drug-likeness (QED) is 0.267. The van der Waals surface area contributed by atoms with Gasteiger partial charge in [0, 0.05) is 29.9 Å². The number of fused-ring (bicyclic) bond motifs is 1. The molecule has 6 nitrogen and oxygen atoms in total. The van der Waals surface area contributed by atoms with Gasteiger partial charge in [-0.25, -0.2) is 4.98 Å². The fourth-order valence-corrected chi connectivity index (χ4v) is 4.09. The van der Waals surface area contributed by atoms with Gasteiger partial charge >= 0.3 is 0 Å². The Hall–Kier alpha value is -2.16. The minimum Gasteiger partial charge on any atom is -0.382 e. The Morgan fingerprint density at radius 2 is 1.97 bits per heavy atom. The highest BCUT2D eigenvalue weighted by Crippen LogP contribution is 2.24. The number of halogens is 1. The largest absolute Gasteiger partial charge is 0.382 e. The van der Waals surface area contributed by atoms with Gasteiger partial charge in [-0.2, -0.15) is 0 Å². The van der Waals surface area contributed by atoms with Gasteiger partial charge in [0.05, 0.1) is 16.2 Å². The van der Waals surface area contributed by atoms with Gasteiger partial charge in [-0.1, -0.05) is 39.8 Å². The third kappa shape index (κ3) is 5.71. The molecule has 1 amide bonds. The van der Waals surface area contributed by atoms with E-state index in [4.69, 9.17) is 4.74 Å². The van der Waals surface area contributed by atoms with Gasteiger partial charge in [0.2, 0.25) is 5.91 Å². The van der Waals surface area contributed by atoms with Gasteiger partial charge in [0.15, 0.2) is 5.16 Å². The number of nitrogens with zero attached hydrogens (tertiary/aromatic N) is 2. The summed E-state index contributed by atoms with van der Waals surface area (Å²) in [5.41, 5.74) is 1.25. The van der Waals surface area contributed by atoms with E-state index < -0.39 is 5.25 Å². The van der Waals surface area contributed by atoms with Crippen LogP contribution < -0.4 is 10.9 Å². The van der Waals surface area contributed by atoms with E-state index in [0.717, 1.165) is 10.2 Å². The maximum atomic E-state index is 13.1. The Bertz CT molecular complexity index is 1070. The number of thioether (sulfide) groups is 1. The van der Waals surface area contributed by atoms with E-state index in [-0.39, 0.29) is 11.5 Å². The van der Waals surface area contributed by atoms with Crippen LogP contribution in [0, 0.1) is 0 Å². The lowest BCUT2D eigenvalue weighted by molar-refractivity contribution is -0.115. The average molecular weight is 490 g/mol. The number of aromatic nitrogens is 2. The summed E-state index contributed by atoms with van der Waals surface area (Å²) in [7, 11) is 0. The number of carbonyl (C=O) groups excluding carboxylic acids is 1. The summed E-state index contributed by atoms with van der Waals surface area (Å²) < 4.78 is 8.00. The molecule has 1 N–H and O–H groups in total. The minimum atomic E-state index is -0.431. The maximum Gasteiger partial charge on any atom is 0.262 e. The Morgan fingerprint density at radius 3 is 2.70 bits per heavy atom. The Labute approximate surface area is 188 Å². The van der Waals surface area contributed by atoms with Gasteiger partial charge in [-0.15, -0.1) is 0 Å². The molecule has 3 aromatic rings. The monoisotopic (exact) mass is 489 g/mol. The molecular formula is C22H24BrN3O3S. The predicted molar refractivity (Wildman–Crippen MR) is 125 cm³/mol. The molecule has 1 aromatic heterocycles. The summed E-state index contributed by atoms with van der Waals surface area (Å²) in [5.74, 6) is -0.148. The van der Waals surface area contributed by atoms with E-state index in [2.05, 4.69) is 26.2 Å². The van der Waals surface area contributed by atoms with E-state index in [9.17, 15) is 9.59 Å². The Morgan fingerprint density at radius 1 is 1.23 bits per heavy atom. The third-order valence-corrected chi connectivity index (χ3v) is 6.08. The van der Waals surface area contributed by atoms with Crippen molar-refractivity contribution < 1.29 is 9.53 Å². The van der Waals surface area contributed by atoms with E-state index in [0.29, 0.717) is 42.2 Å². The first kappa shape index (κ1) is 22.5. The van der Waals surface area contributed by atoms with Crippen LogP contribution in [0.4, 0.5) is 5.69 Å². The minimum absolute atomic E-state index is 0.0971. The zero-order valence-electron chi connectivity index (χ0n) is 16.9. The van der Waals surface area contributed by atoms with Crippen LogP contribution in [0.3, 0.4) is 0 Å². The van der Waals surface area contributed by atoms with Crippen molar-refractivity contribution in [1.29, 1.82) is 0 Å². The van der Waals surface area contributed by atoms with E-state index >= 15 is 0 Å². The highest BCUT2D eigenvalue weighted by atomic mass is 79.9. The molecule has 1 atom stereocenters. The van der Waals surface area contributed by atoms with Gasteiger partial charge in [-0.05, 0) is 56.7 Å². The molecule has 0 aliphatic carbocycles. The highest BCUT2D eigenvalue weighted by molar-refractivity contribution is 9.10. The molecule has 158 valence electrons. The first-order valence-electron chi connectivity index (χ1n) is 9.80. The summed E-state index contributed by atoms with van der Waals surface area (Å²) in [4.78, 5) is 30.4. The normalized spacial score (nSPS) is 12.1. The van der Waals surface area contributed by atoms with E-state index in [1.807, 2.05) is 56.3 Å². The number of benzene rings is 2. The van der Waals surface area contributed by atoms with Gasteiger partial charge in [0.1, 0.15) is 0 Å². The smallest absolute Gasteiger partial charge is 0.262 e. The summed E-state index contributed by atoms with van der Waals surface area (Å²) in [6.07, 6.45) is 0.695. The zero-order chi connectivity index (χ0) is 21.5. The predicted octanol–water partition coefficient (Wildman–Crippen LogP) is 4.70. The number of nitrogens with one attached hydrogen (secondary N) is 1. The van der Waals surface area contributed by atoms with Crippen LogP contribution in [0.15, 0.2) is 63.0 Å². The van der Waals surface area contributed by atoms with Gasteiger partial charge in [0.25, 0.3) is 5.56 Å². The molecule has 30 heavy (non-hydrogen) atoms. The molecule has 0 radical (unpaired) electrons. The van der Waals surface area contributed by atoms with Gasteiger partial charge < -0.3 is 10.1 Å². The fraction of sp³-hybridized carbons (Fsp3) is 0.318. The van der Waals surface area contributed by atoms with Gasteiger partial charge in [-0.3, -0.25) is 14.2 Å². The zero-order valence-corrected chi connectivity index (χ0v) is 19.3. The summed E-state index contributed by atoms with van der Waals surface area (Å²) in [6, 6.07) is 14.7. The molecule has 1 heterocycles. The van der Waals surface area contributed by atoms with Crippen molar-refractivity contribution in [2.75, 3.05) is 18.5 Å². The molecule has 0 spiro atoms. The molecule has 3 rings (SSSR count). The number of para-hydroxylation sites is 1. The standard InChI is InChI=1S/C22H24BrN3O3S/c1-3-29-14-6-13-26-21(28)18-7-4-5-8-19(18)25-22(26)30-15(2)20(27)24-17-11-9-16(23)10-12-17/h4-5,7-12,15H,3,6,13-14H2,1-2H3,(H,24,27). The molecule has 2 aromatic carbocycles. The van der Waals surface area contributed by atoms with Crippen LogP contribution >= 0.6 is 27.7 Å². The van der Waals surface area contributed by atoms with Crippen molar-refractivity contribution in [3.63, 3.8) is 0 Å². The van der Waals surface area contributed by atoms with Crippen LogP contribution in [0.25, 0.3) is 10.9 Å². The first-order valence-corrected chi connectivity index (χ1v) is 11.5. The lowest BCUT2D eigenvalue weighted by Gasteiger charge is -2.16. The Kier molecular flexibility index (Phi) is 8.07. The van der Waals surface area contributed by atoms with Crippen LogP contribution in [-0.2, 0) is 16.1 Å². The summed E-state index contributed by atoms with van der Waals surface area (Å²) >= 11 is 4.67. The number of amides is 1.